The zero-order valence-corrected chi connectivity index (χ0v) is 13.9. The number of rotatable bonds is 4. The molecule has 1 aromatic carbocycles. The Morgan fingerprint density at radius 3 is 2.35 bits per heavy atom. The largest absolute Gasteiger partial charge is 0.545 e. The summed E-state index contributed by atoms with van der Waals surface area (Å²) in [4.78, 5) is 11.5. The first-order chi connectivity index (χ1) is 10.9. The molecule has 0 bridgehead atoms. The molecule has 0 radical (unpaired) electrons. The molecule has 0 aromatic heterocycles. The van der Waals surface area contributed by atoms with Crippen LogP contribution in [0.1, 0.15) is 73.9 Å². The van der Waals surface area contributed by atoms with E-state index < -0.39 is 5.97 Å². The van der Waals surface area contributed by atoms with E-state index in [1.807, 2.05) is 0 Å². The van der Waals surface area contributed by atoms with Crippen LogP contribution in [0.25, 0.3) is 0 Å². The smallest absolute Gasteiger partial charge is 0.168 e. The fourth-order valence-corrected chi connectivity index (χ4v) is 4.12. The Balaban J connectivity index is 2.05. The van der Waals surface area contributed by atoms with E-state index >= 15 is 0 Å². The molecule has 0 unspecified atom stereocenters. The lowest BCUT2D eigenvalue weighted by molar-refractivity contribution is -0.255. The molecule has 3 rings (SSSR count). The van der Waals surface area contributed by atoms with Gasteiger partial charge in [0.25, 0.3) is 0 Å². The monoisotopic (exact) mass is 319 g/mol. The van der Waals surface area contributed by atoms with E-state index in [1.165, 1.54) is 6.07 Å². The molecule has 0 heterocycles. The number of halogens is 1. The van der Waals surface area contributed by atoms with Gasteiger partial charge in [-0.15, -0.1) is 0 Å². The minimum Gasteiger partial charge on any atom is -0.545 e. The van der Waals surface area contributed by atoms with Crippen LogP contribution in [-0.4, -0.2) is 11.6 Å². The van der Waals surface area contributed by atoms with Gasteiger partial charge in [-0.25, -0.2) is 4.39 Å². The Morgan fingerprint density at radius 2 is 1.78 bits per heavy atom. The maximum atomic E-state index is 14.9. The summed E-state index contributed by atoms with van der Waals surface area (Å²) >= 11 is 0. The van der Waals surface area contributed by atoms with Crippen molar-refractivity contribution in [2.45, 2.75) is 70.8 Å². The number of ether oxygens (including phenoxy) is 1. The summed E-state index contributed by atoms with van der Waals surface area (Å²) < 4.78 is 21.1. The summed E-state index contributed by atoms with van der Waals surface area (Å²) in [6.07, 6.45) is 6.87. The van der Waals surface area contributed by atoms with Crippen molar-refractivity contribution in [2.75, 3.05) is 0 Å². The second-order valence-corrected chi connectivity index (χ2v) is 7.22. The number of carboxylic acid groups (broad SMARTS) is 1. The van der Waals surface area contributed by atoms with Crippen LogP contribution < -0.4 is 9.84 Å². The fourth-order valence-electron chi connectivity index (χ4n) is 4.12. The molecule has 4 heteroatoms. The highest BCUT2D eigenvalue weighted by Gasteiger charge is 2.40. The number of hydrogen-bond donors (Lipinski definition) is 0. The van der Waals surface area contributed by atoms with E-state index in [1.54, 1.807) is 0 Å². The van der Waals surface area contributed by atoms with Crippen molar-refractivity contribution < 1.29 is 19.0 Å². The van der Waals surface area contributed by atoms with Gasteiger partial charge in [-0.3, -0.25) is 0 Å². The van der Waals surface area contributed by atoms with Crippen LogP contribution in [0.5, 0.6) is 5.75 Å². The number of benzene rings is 1. The molecule has 1 saturated carbocycles. The van der Waals surface area contributed by atoms with Gasteiger partial charge in [0.1, 0.15) is 5.60 Å². The molecule has 0 spiro atoms. The van der Waals surface area contributed by atoms with Gasteiger partial charge in [-0.05, 0) is 74.5 Å². The van der Waals surface area contributed by atoms with Crippen LogP contribution >= 0.6 is 0 Å². The van der Waals surface area contributed by atoms with Gasteiger partial charge in [0.05, 0.1) is 5.97 Å². The highest BCUT2D eigenvalue weighted by Crippen LogP contribution is 2.42. The summed E-state index contributed by atoms with van der Waals surface area (Å²) in [7, 11) is 0. The molecule has 2 aliphatic carbocycles. The van der Waals surface area contributed by atoms with Crippen molar-refractivity contribution in [3.63, 3.8) is 0 Å². The zero-order valence-electron chi connectivity index (χ0n) is 13.9. The molecule has 126 valence electrons. The van der Waals surface area contributed by atoms with Gasteiger partial charge < -0.3 is 14.6 Å². The number of carbonyl (C=O) groups excluding carboxylic acids is 1. The fraction of sp³-hybridized carbons (Fsp3) is 0.632. The first kappa shape index (κ1) is 16.3. The maximum absolute atomic E-state index is 14.9. The van der Waals surface area contributed by atoms with Crippen molar-refractivity contribution in [1.82, 2.24) is 0 Å². The topological polar surface area (TPSA) is 49.4 Å². The third-order valence-electron chi connectivity index (χ3n) is 5.58. The average Bonchev–Trinajstić information content (AvgIpc) is 3.00. The second kappa shape index (κ2) is 6.14. The molecule has 3 nitrogen and oxygen atoms in total. The third-order valence-corrected chi connectivity index (χ3v) is 5.58. The Labute approximate surface area is 136 Å². The molecule has 2 aliphatic rings. The van der Waals surface area contributed by atoms with Crippen molar-refractivity contribution in [1.29, 1.82) is 0 Å². The van der Waals surface area contributed by atoms with Crippen LogP contribution in [-0.2, 0) is 12.8 Å². The van der Waals surface area contributed by atoms with Gasteiger partial charge in [0.2, 0.25) is 0 Å². The quantitative estimate of drug-likeness (QED) is 0.854. The van der Waals surface area contributed by atoms with Crippen LogP contribution in [0.4, 0.5) is 4.39 Å². The highest BCUT2D eigenvalue weighted by atomic mass is 19.1. The molecule has 0 saturated heterocycles. The van der Waals surface area contributed by atoms with E-state index in [0.717, 1.165) is 38.5 Å². The van der Waals surface area contributed by atoms with Crippen molar-refractivity contribution in [3.05, 3.63) is 28.6 Å². The van der Waals surface area contributed by atoms with E-state index in [-0.39, 0.29) is 28.6 Å². The number of carboxylic acids is 1. The van der Waals surface area contributed by atoms with Crippen molar-refractivity contribution in [2.24, 2.45) is 5.92 Å². The van der Waals surface area contributed by atoms with E-state index in [0.29, 0.717) is 24.0 Å². The molecular weight excluding hydrogens is 295 g/mol. The van der Waals surface area contributed by atoms with Gasteiger partial charge in [0, 0.05) is 5.56 Å². The van der Waals surface area contributed by atoms with E-state index in [2.05, 4.69) is 13.8 Å². The first-order valence-corrected chi connectivity index (χ1v) is 8.69. The highest BCUT2D eigenvalue weighted by molar-refractivity contribution is 5.89. The Hall–Kier alpha value is -1.58. The molecule has 1 aromatic rings. The molecular formula is C19H24FO3-. The van der Waals surface area contributed by atoms with Crippen LogP contribution in [0, 0.1) is 11.7 Å². The summed E-state index contributed by atoms with van der Waals surface area (Å²) in [5.41, 5.74) is 0.844. The van der Waals surface area contributed by atoms with Crippen LogP contribution in [0.15, 0.2) is 6.07 Å². The Morgan fingerprint density at radius 1 is 1.17 bits per heavy atom. The first-order valence-electron chi connectivity index (χ1n) is 8.69. The number of fused-ring (bicyclic) bond motifs is 1. The normalized spacial score (nSPS) is 19.7. The minimum absolute atomic E-state index is 0.0976. The lowest BCUT2D eigenvalue weighted by Crippen LogP contribution is -2.39. The Kier molecular flexibility index (Phi) is 4.35. The molecule has 0 N–H and O–H groups in total. The second-order valence-electron chi connectivity index (χ2n) is 7.22. The predicted molar refractivity (Wildman–Crippen MR) is 84.0 cm³/mol. The lowest BCUT2D eigenvalue weighted by Gasteiger charge is -2.35. The Bertz CT molecular complexity index is 616. The third kappa shape index (κ3) is 2.84. The number of hydrogen-bond acceptors (Lipinski definition) is 3. The number of carbonyl (C=O) groups is 1. The zero-order chi connectivity index (χ0) is 16.6. The van der Waals surface area contributed by atoms with Gasteiger partial charge in [0.15, 0.2) is 11.6 Å². The SMILES string of the molecule is CC(C)C1(Oc2cc(C(=O)[O-])c3c(c2F)CCCC3)CCCC1. The molecule has 0 atom stereocenters. The molecule has 0 aliphatic heterocycles. The molecule has 0 amide bonds. The van der Waals surface area contributed by atoms with Crippen LogP contribution in [0.3, 0.4) is 0 Å². The lowest BCUT2D eigenvalue weighted by atomic mass is 9.86. The van der Waals surface area contributed by atoms with E-state index in [9.17, 15) is 14.3 Å². The summed E-state index contributed by atoms with van der Waals surface area (Å²) in [6, 6.07) is 1.36. The molecule has 1 fully saturated rings. The summed E-state index contributed by atoms with van der Waals surface area (Å²) in [6.45, 7) is 4.17. The van der Waals surface area contributed by atoms with Crippen LogP contribution in [0.2, 0.25) is 0 Å². The van der Waals surface area contributed by atoms with E-state index in [4.69, 9.17) is 4.74 Å². The van der Waals surface area contributed by atoms with Crippen molar-refractivity contribution >= 4 is 5.97 Å². The summed E-state index contributed by atoms with van der Waals surface area (Å²) in [5.74, 6) is -1.25. The summed E-state index contributed by atoms with van der Waals surface area (Å²) in [5, 5.41) is 11.5. The molecule has 23 heavy (non-hydrogen) atoms. The maximum Gasteiger partial charge on any atom is 0.168 e. The minimum atomic E-state index is -1.24. The van der Waals surface area contributed by atoms with Gasteiger partial charge >= 0.3 is 0 Å². The van der Waals surface area contributed by atoms with Gasteiger partial charge in [-0.2, -0.15) is 0 Å². The average molecular weight is 319 g/mol. The van der Waals surface area contributed by atoms with Gasteiger partial charge in [-0.1, -0.05) is 13.8 Å². The predicted octanol–water partition coefficient (Wildman–Crippen LogP) is 3.42. The van der Waals surface area contributed by atoms with Crippen molar-refractivity contribution in [3.8, 4) is 5.75 Å². The standard InChI is InChI=1S/C19H25FO3/c1-12(2)19(9-5-6-10-19)23-16-11-15(18(21)22)13-7-3-4-8-14(13)17(16)20/h11-12H,3-10H2,1-2H3,(H,21,22)/p-1. The number of aromatic carboxylic acids is 1.